The van der Waals surface area contributed by atoms with Crippen molar-refractivity contribution < 1.29 is 24.5 Å². The summed E-state index contributed by atoms with van der Waals surface area (Å²) in [6, 6.07) is 0. The summed E-state index contributed by atoms with van der Waals surface area (Å²) < 4.78 is 6.35. The molecule has 4 aliphatic rings. The predicted octanol–water partition coefficient (Wildman–Crippen LogP) is 5.57. The number of Topliss-reactive ketones (excluding diaryl/α,β-unsaturated/α-hetero) is 1. The minimum Gasteiger partial charge on any atom is -0.461 e. The molecule has 0 amide bonds. The summed E-state index contributed by atoms with van der Waals surface area (Å²) in [4.78, 5) is 26.8. The van der Waals surface area contributed by atoms with E-state index in [0.717, 1.165) is 44.9 Å². The molecule has 6 heteroatoms. The topological polar surface area (TPSA) is 83.8 Å². The van der Waals surface area contributed by atoms with Crippen LogP contribution in [0.1, 0.15) is 92.4 Å². The number of ether oxygens (including phenoxy) is 1. The second-order valence-corrected chi connectivity index (χ2v) is 14.5. The molecule has 0 saturated heterocycles. The van der Waals surface area contributed by atoms with Gasteiger partial charge in [0.2, 0.25) is 0 Å². The molecular formula is C30H48O5S. The molecule has 2 N–H and O–H groups in total. The molecule has 0 heterocycles. The number of hydrogen-bond donors (Lipinski definition) is 2. The molecule has 0 aromatic carbocycles. The molecule has 0 aliphatic heterocycles. The summed E-state index contributed by atoms with van der Waals surface area (Å²) >= 11 is 1.51. The van der Waals surface area contributed by atoms with Gasteiger partial charge in [-0.3, -0.25) is 9.59 Å². The Morgan fingerprint density at radius 1 is 1.11 bits per heavy atom. The molecule has 11 atom stereocenters. The average molecular weight is 521 g/mol. The van der Waals surface area contributed by atoms with E-state index in [1.165, 1.54) is 11.8 Å². The van der Waals surface area contributed by atoms with E-state index in [9.17, 15) is 19.8 Å². The lowest BCUT2D eigenvalue weighted by atomic mass is 9.44. The molecule has 5 nitrogen and oxygen atoms in total. The van der Waals surface area contributed by atoms with Crippen LogP contribution in [0.3, 0.4) is 0 Å². The Bertz CT molecular complexity index is 860. The third-order valence-electron chi connectivity index (χ3n) is 11.3. The van der Waals surface area contributed by atoms with Crippen LogP contribution >= 0.6 is 11.8 Å². The molecule has 0 aromatic rings. The average Bonchev–Trinajstić information content (AvgIpc) is 3.12. The van der Waals surface area contributed by atoms with E-state index in [1.807, 2.05) is 13.0 Å². The number of ketones is 1. The van der Waals surface area contributed by atoms with Crippen molar-refractivity contribution in [3.8, 4) is 0 Å². The van der Waals surface area contributed by atoms with Crippen LogP contribution < -0.4 is 0 Å². The van der Waals surface area contributed by atoms with Gasteiger partial charge in [0.15, 0.2) is 0 Å². The van der Waals surface area contributed by atoms with Crippen LogP contribution in [0.4, 0.5) is 0 Å². The van der Waals surface area contributed by atoms with E-state index in [-0.39, 0.29) is 52.0 Å². The Morgan fingerprint density at radius 2 is 1.81 bits per heavy atom. The van der Waals surface area contributed by atoms with Crippen LogP contribution in [0, 0.1) is 39.9 Å². The van der Waals surface area contributed by atoms with Gasteiger partial charge in [-0.15, -0.1) is 18.3 Å². The number of esters is 1. The molecule has 0 radical (unpaired) electrons. The van der Waals surface area contributed by atoms with Crippen molar-refractivity contribution in [2.45, 2.75) is 116 Å². The standard InChI is InChI=1S/C30H48O5S/c1-7-28(5)16-24(35-25(33)17-36-23-11-9-18(2)8-10-21(23)31)29(6)19(3)12-14-30(20(4)27(28)34)15-13-22(32)26(29)30/h7,18-21,23-24,26-27,31,34H,1,8-17H2,2-6H3/t18?,19?,20-,21?,23?,24+,26?,27?,28+,29-,30?/m0/s1. The predicted molar refractivity (Wildman–Crippen MR) is 145 cm³/mol. The minimum absolute atomic E-state index is 0.0323. The molecule has 4 aliphatic carbocycles. The van der Waals surface area contributed by atoms with Crippen molar-refractivity contribution in [1.82, 2.24) is 0 Å². The van der Waals surface area contributed by atoms with Crippen LogP contribution in [0.15, 0.2) is 12.7 Å². The number of thioether (sulfide) groups is 1. The van der Waals surface area contributed by atoms with Gasteiger partial charge in [-0.25, -0.2) is 0 Å². The fraction of sp³-hybridized carbons (Fsp3) is 0.867. The first-order chi connectivity index (χ1) is 16.9. The monoisotopic (exact) mass is 520 g/mol. The number of carbonyl (C=O) groups is 2. The first-order valence-electron chi connectivity index (χ1n) is 14.2. The summed E-state index contributed by atoms with van der Waals surface area (Å²) in [5, 5.41) is 22.3. The molecule has 0 aromatic heterocycles. The van der Waals surface area contributed by atoms with E-state index in [1.54, 1.807) is 0 Å². The van der Waals surface area contributed by atoms with Crippen molar-refractivity contribution >= 4 is 23.5 Å². The summed E-state index contributed by atoms with van der Waals surface area (Å²) in [5.74, 6) is 0.790. The first kappa shape index (κ1) is 28.2. The fourth-order valence-electron chi connectivity index (χ4n) is 8.49. The molecule has 4 saturated carbocycles. The zero-order valence-corrected chi connectivity index (χ0v) is 23.8. The zero-order chi connectivity index (χ0) is 26.5. The third-order valence-corrected chi connectivity index (χ3v) is 12.7. The quantitative estimate of drug-likeness (QED) is 0.280. The Hall–Kier alpha value is -0.850. The summed E-state index contributed by atoms with van der Waals surface area (Å²) in [7, 11) is 0. The van der Waals surface area contributed by atoms with E-state index in [2.05, 4.69) is 34.3 Å². The Labute approximate surface area is 222 Å². The van der Waals surface area contributed by atoms with Gasteiger partial charge >= 0.3 is 5.97 Å². The van der Waals surface area contributed by atoms with E-state index in [4.69, 9.17) is 4.74 Å². The van der Waals surface area contributed by atoms with Crippen LogP contribution in [-0.4, -0.2) is 51.3 Å². The van der Waals surface area contributed by atoms with Gasteiger partial charge < -0.3 is 14.9 Å². The number of rotatable bonds is 5. The highest BCUT2D eigenvalue weighted by molar-refractivity contribution is 8.00. The van der Waals surface area contributed by atoms with Crippen LogP contribution in [0.25, 0.3) is 0 Å². The molecule has 2 bridgehead atoms. The number of hydrogen-bond acceptors (Lipinski definition) is 6. The zero-order valence-electron chi connectivity index (χ0n) is 23.0. The lowest BCUT2D eigenvalue weighted by Crippen LogP contribution is -2.63. The van der Waals surface area contributed by atoms with Gasteiger partial charge in [-0.05, 0) is 74.5 Å². The minimum atomic E-state index is -0.653. The highest BCUT2D eigenvalue weighted by Crippen LogP contribution is 2.68. The largest absolute Gasteiger partial charge is 0.461 e. The van der Waals surface area contributed by atoms with Crippen molar-refractivity contribution in [2.75, 3.05) is 5.75 Å². The number of aliphatic hydroxyl groups is 2. The Balaban J connectivity index is 1.61. The first-order valence-corrected chi connectivity index (χ1v) is 15.3. The maximum atomic E-state index is 13.5. The second kappa shape index (κ2) is 10.4. The van der Waals surface area contributed by atoms with Crippen LogP contribution in [-0.2, 0) is 14.3 Å². The third kappa shape index (κ3) is 4.62. The SMILES string of the molecule is C=C[C@]1(C)C[C@@H](OC(=O)CSC2CCC(C)CCC2O)[C@]2(C)C(C)CCC3(CCC(=O)C32)[C@@H](C)C1O. The van der Waals surface area contributed by atoms with Crippen LogP contribution in [0.5, 0.6) is 0 Å². The molecule has 36 heavy (non-hydrogen) atoms. The molecule has 4 fully saturated rings. The lowest BCUT2D eigenvalue weighted by Gasteiger charge is -2.61. The van der Waals surface area contributed by atoms with E-state index >= 15 is 0 Å². The van der Waals surface area contributed by atoms with E-state index in [0.29, 0.717) is 18.8 Å². The van der Waals surface area contributed by atoms with E-state index < -0.39 is 23.0 Å². The highest BCUT2D eigenvalue weighted by atomic mass is 32.2. The van der Waals surface area contributed by atoms with Crippen molar-refractivity contribution in [1.29, 1.82) is 0 Å². The highest BCUT2D eigenvalue weighted by Gasteiger charge is 2.68. The van der Waals surface area contributed by atoms with Gasteiger partial charge in [0, 0.05) is 28.4 Å². The summed E-state index contributed by atoms with van der Waals surface area (Å²) in [6.07, 6.45) is 7.83. The Kier molecular flexibility index (Phi) is 8.12. The van der Waals surface area contributed by atoms with Gasteiger partial charge in [0.05, 0.1) is 18.0 Å². The maximum absolute atomic E-state index is 13.5. The molecule has 7 unspecified atom stereocenters. The van der Waals surface area contributed by atoms with Crippen LogP contribution in [0.2, 0.25) is 0 Å². The van der Waals surface area contributed by atoms with Gasteiger partial charge in [0.1, 0.15) is 11.9 Å². The summed E-state index contributed by atoms with van der Waals surface area (Å²) in [6.45, 7) is 14.8. The van der Waals surface area contributed by atoms with Gasteiger partial charge in [0.25, 0.3) is 0 Å². The number of carbonyl (C=O) groups excluding carboxylic acids is 2. The van der Waals surface area contributed by atoms with Crippen molar-refractivity contribution in [2.24, 2.45) is 39.9 Å². The Morgan fingerprint density at radius 3 is 2.50 bits per heavy atom. The van der Waals surface area contributed by atoms with Gasteiger partial charge in [-0.1, -0.05) is 40.7 Å². The van der Waals surface area contributed by atoms with Gasteiger partial charge in [-0.2, -0.15) is 0 Å². The second-order valence-electron chi connectivity index (χ2n) is 13.2. The molecule has 4 rings (SSSR count). The molecular weight excluding hydrogens is 472 g/mol. The molecule has 204 valence electrons. The van der Waals surface area contributed by atoms with Crippen molar-refractivity contribution in [3.05, 3.63) is 12.7 Å². The normalized spacial score (nSPS) is 49.4. The van der Waals surface area contributed by atoms with Crippen molar-refractivity contribution in [3.63, 3.8) is 0 Å². The fourth-order valence-corrected chi connectivity index (χ4v) is 9.57. The smallest absolute Gasteiger partial charge is 0.316 e. The lowest BCUT2D eigenvalue weighted by molar-refractivity contribution is -0.205. The maximum Gasteiger partial charge on any atom is 0.316 e. The number of aliphatic hydroxyl groups excluding tert-OH is 2. The molecule has 0 spiro atoms. The summed E-state index contributed by atoms with van der Waals surface area (Å²) in [5.41, 5.74) is -1.36.